The summed E-state index contributed by atoms with van der Waals surface area (Å²) < 4.78 is 12.9. The second-order valence-corrected chi connectivity index (χ2v) is 4.57. The van der Waals surface area contributed by atoms with Crippen LogP contribution in [0, 0.1) is 11.7 Å². The van der Waals surface area contributed by atoms with E-state index in [-0.39, 0.29) is 5.82 Å². The number of nitrogens with two attached hydrogens (primary N) is 1. The maximum Gasteiger partial charge on any atom is 0.149 e. The molecule has 0 fully saturated rings. The fourth-order valence-corrected chi connectivity index (χ4v) is 1.85. The lowest BCUT2D eigenvalue weighted by molar-refractivity contribution is 0.628. The number of hydrogen-bond acceptors (Lipinski definition) is 2. The van der Waals surface area contributed by atoms with Crippen LogP contribution in [-0.2, 0) is 6.42 Å². The molecule has 0 aliphatic carbocycles. The fourth-order valence-electron chi connectivity index (χ4n) is 1.85. The predicted molar refractivity (Wildman–Crippen MR) is 66.9 cm³/mol. The number of halogens is 1. The molecule has 0 radical (unpaired) electrons. The summed E-state index contributed by atoms with van der Waals surface area (Å²) in [7, 11) is 0. The van der Waals surface area contributed by atoms with Crippen LogP contribution in [0.25, 0.3) is 11.3 Å². The predicted octanol–water partition coefficient (Wildman–Crippen LogP) is 3.00. The van der Waals surface area contributed by atoms with Gasteiger partial charge in [0.15, 0.2) is 0 Å². The molecular formula is C13H16FN3. The fraction of sp³-hybridized carbons (Fsp3) is 0.308. The van der Waals surface area contributed by atoms with Crippen LogP contribution < -0.4 is 5.73 Å². The molecule has 1 aromatic heterocycles. The highest BCUT2D eigenvalue weighted by molar-refractivity contribution is 5.67. The van der Waals surface area contributed by atoms with Crippen molar-refractivity contribution in [2.75, 3.05) is 5.73 Å². The lowest BCUT2D eigenvalue weighted by atomic mass is 9.99. The molecule has 0 spiro atoms. The van der Waals surface area contributed by atoms with Crippen molar-refractivity contribution in [3.63, 3.8) is 0 Å². The minimum absolute atomic E-state index is 0.244. The highest BCUT2D eigenvalue weighted by Crippen LogP contribution is 2.27. The highest BCUT2D eigenvalue weighted by atomic mass is 19.1. The van der Waals surface area contributed by atoms with Crippen molar-refractivity contribution in [3.8, 4) is 11.3 Å². The normalized spacial score (nSPS) is 11.1. The van der Waals surface area contributed by atoms with Crippen LogP contribution in [0.2, 0.25) is 0 Å². The lowest BCUT2D eigenvalue weighted by Gasteiger charge is -2.06. The summed E-state index contributed by atoms with van der Waals surface area (Å²) >= 11 is 0. The van der Waals surface area contributed by atoms with Gasteiger partial charge in [0.1, 0.15) is 11.6 Å². The molecule has 0 unspecified atom stereocenters. The van der Waals surface area contributed by atoms with Crippen LogP contribution in [0.4, 0.5) is 10.2 Å². The van der Waals surface area contributed by atoms with Crippen LogP contribution in [0.15, 0.2) is 24.3 Å². The minimum atomic E-state index is -0.244. The van der Waals surface area contributed by atoms with E-state index in [9.17, 15) is 4.39 Å². The number of nitrogens with one attached hydrogen (secondary N) is 1. The molecule has 0 saturated heterocycles. The largest absolute Gasteiger partial charge is 0.382 e. The van der Waals surface area contributed by atoms with Gasteiger partial charge < -0.3 is 5.73 Å². The van der Waals surface area contributed by atoms with Crippen molar-refractivity contribution in [2.24, 2.45) is 5.92 Å². The van der Waals surface area contributed by atoms with Crippen molar-refractivity contribution >= 4 is 5.82 Å². The molecule has 3 N–H and O–H groups in total. The summed E-state index contributed by atoms with van der Waals surface area (Å²) in [5.41, 5.74) is 8.64. The first-order valence-electron chi connectivity index (χ1n) is 5.66. The SMILES string of the molecule is CC(C)Cc1c(N)n[nH]c1-c1ccc(F)cc1. The molecule has 0 saturated carbocycles. The van der Waals surface area contributed by atoms with E-state index < -0.39 is 0 Å². The standard InChI is InChI=1S/C13H16FN3/c1-8(2)7-11-12(16-17-13(11)15)9-3-5-10(14)6-4-9/h3-6,8H,7H2,1-2H3,(H3,15,16,17). The average Bonchev–Trinajstić information content (AvgIpc) is 2.61. The van der Waals surface area contributed by atoms with E-state index in [0.717, 1.165) is 23.2 Å². The summed E-state index contributed by atoms with van der Waals surface area (Å²) in [6.07, 6.45) is 0.856. The Labute approximate surface area is 99.9 Å². The van der Waals surface area contributed by atoms with Crippen molar-refractivity contribution in [2.45, 2.75) is 20.3 Å². The molecule has 0 atom stereocenters. The molecule has 1 aromatic carbocycles. The topological polar surface area (TPSA) is 54.7 Å². The van der Waals surface area contributed by atoms with E-state index in [4.69, 9.17) is 5.73 Å². The van der Waals surface area contributed by atoms with Gasteiger partial charge in [-0.15, -0.1) is 0 Å². The zero-order chi connectivity index (χ0) is 12.4. The Balaban J connectivity index is 2.41. The molecule has 0 amide bonds. The van der Waals surface area contributed by atoms with Gasteiger partial charge in [0, 0.05) is 11.1 Å². The van der Waals surface area contributed by atoms with Gasteiger partial charge in [-0.05, 0) is 36.6 Å². The highest BCUT2D eigenvalue weighted by Gasteiger charge is 2.13. The lowest BCUT2D eigenvalue weighted by Crippen LogP contribution is -1.99. The van der Waals surface area contributed by atoms with Gasteiger partial charge in [0.25, 0.3) is 0 Å². The summed E-state index contributed by atoms with van der Waals surface area (Å²) in [5, 5.41) is 6.95. The number of hydrogen-bond donors (Lipinski definition) is 2. The summed E-state index contributed by atoms with van der Waals surface area (Å²) in [6.45, 7) is 4.25. The third kappa shape index (κ3) is 2.46. The number of benzene rings is 1. The zero-order valence-electron chi connectivity index (χ0n) is 10.00. The van der Waals surface area contributed by atoms with Crippen molar-refractivity contribution in [3.05, 3.63) is 35.6 Å². The van der Waals surface area contributed by atoms with E-state index >= 15 is 0 Å². The van der Waals surface area contributed by atoms with Gasteiger partial charge in [-0.1, -0.05) is 13.8 Å². The van der Waals surface area contributed by atoms with Gasteiger partial charge in [-0.25, -0.2) is 4.39 Å². The summed E-state index contributed by atoms with van der Waals surface area (Å²) in [5.74, 6) is 0.777. The molecule has 0 aliphatic rings. The van der Waals surface area contributed by atoms with E-state index in [2.05, 4.69) is 24.0 Å². The second-order valence-electron chi connectivity index (χ2n) is 4.57. The molecule has 1 heterocycles. The molecule has 2 aromatic rings. The first-order valence-corrected chi connectivity index (χ1v) is 5.66. The van der Waals surface area contributed by atoms with Gasteiger partial charge in [0.2, 0.25) is 0 Å². The first kappa shape index (κ1) is 11.6. The van der Waals surface area contributed by atoms with Gasteiger partial charge >= 0.3 is 0 Å². The Morgan fingerprint density at radius 2 is 1.94 bits per heavy atom. The molecule has 0 bridgehead atoms. The van der Waals surface area contributed by atoms with Crippen molar-refractivity contribution < 1.29 is 4.39 Å². The maximum absolute atomic E-state index is 12.9. The first-order chi connectivity index (χ1) is 8.08. The number of nitrogens with zero attached hydrogens (tertiary/aromatic N) is 1. The van der Waals surface area contributed by atoms with E-state index in [1.54, 1.807) is 12.1 Å². The van der Waals surface area contributed by atoms with Crippen LogP contribution >= 0.6 is 0 Å². The molecule has 4 heteroatoms. The number of rotatable bonds is 3. The summed E-state index contributed by atoms with van der Waals surface area (Å²) in [6, 6.07) is 6.33. The van der Waals surface area contributed by atoms with E-state index in [0.29, 0.717) is 11.7 Å². The van der Waals surface area contributed by atoms with Crippen LogP contribution in [0.3, 0.4) is 0 Å². The molecular weight excluding hydrogens is 217 g/mol. The molecule has 3 nitrogen and oxygen atoms in total. The third-order valence-corrected chi connectivity index (χ3v) is 2.64. The number of aromatic nitrogens is 2. The number of nitrogen functional groups attached to an aromatic ring is 1. The Kier molecular flexibility index (Phi) is 3.13. The van der Waals surface area contributed by atoms with Crippen LogP contribution in [0.5, 0.6) is 0 Å². The Hall–Kier alpha value is -1.84. The van der Waals surface area contributed by atoms with Crippen molar-refractivity contribution in [1.82, 2.24) is 10.2 Å². The van der Waals surface area contributed by atoms with Gasteiger partial charge in [-0.2, -0.15) is 5.10 Å². The van der Waals surface area contributed by atoms with E-state index in [1.807, 2.05) is 0 Å². The zero-order valence-corrected chi connectivity index (χ0v) is 10.00. The van der Waals surface area contributed by atoms with Crippen LogP contribution in [-0.4, -0.2) is 10.2 Å². The summed E-state index contributed by atoms with van der Waals surface area (Å²) in [4.78, 5) is 0. The van der Waals surface area contributed by atoms with Gasteiger partial charge in [0.05, 0.1) is 5.69 Å². The monoisotopic (exact) mass is 233 g/mol. The Morgan fingerprint density at radius 1 is 1.29 bits per heavy atom. The van der Waals surface area contributed by atoms with E-state index in [1.165, 1.54) is 12.1 Å². The molecule has 90 valence electrons. The number of H-pyrrole nitrogens is 1. The minimum Gasteiger partial charge on any atom is -0.382 e. The quantitative estimate of drug-likeness (QED) is 0.856. The molecule has 2 rings (SSSR count). The average molecular weight is 233 g/mol. The molecule has 17 heavy (non-hydrogen) atoms. The van der Waals surface area contributed by atoms with Crippen molar-refractivity contribution in [1.29, 1.82) is 0 Å². The Morgan fingerprint density at radius 3 is 2.53 bits per heavy atom. The van der Waals surface area contributed by atoms with Gasteiger partial charge in [-0.3, -0.25) is 5.10 Å². The Bertz CT molecular complexity index is 500. The smallest absolute Gasteiger partial charge is 0.149 e. The number of anilines is 1. The third-order valence-electron chi connectivity index (χ3n) is 2.64. The number of aromatic amines is 1. The maximum atomic E-state index is 12.9. The second kappa shape index (κ2) is 4.57. The van der Waals surface area contributed by atoms with Crippen LogP contribution in [0.1, 0.15) is 19.4 Å². The molecule has 0 aliphatic heterocycles.